The first-order valence-corrected chi connectivity index (χ1v) is 9.61. The molecule has 0 bridgehead atoms. The second-order valence-electron chi connectivity index (χ2n) is 7.63. The van der Waals surface area contributed by atoms with Crippen LogP contribution in [0.5, 0.6) is 5.75 Å². The third kappa shape index (κ3) is 2.80. The summed E-state index contributed by atoms with van der Waals surface area (Å²) in [6, 6.07) is 4.12. The second kappa shape index (κ2) is 6.56. The van der Waals surface area contributed by atoms with E-state index in [-0.39, 0.29) is 11.5 Å². The first-order valence-electron chi connectivity index (χ1n) is 9.61. The number of hydrogen-bond acceptors (Lipinski definition) is 7. The van der Waals surface area contributed by atoms with Gasteiger partial charge in [0.25, 0.3) is 0 Å². The number of fused-ring (bicyclic) bond motifs is 2. The number of nitrogens with zero attached hydrogens (tertiary/aromatic N) is 5. The molecule has 0 radical (unpaired) electrons. The summed E-state index contributed by atoms with van der Waals surface area (Å²) >= 11 is 0. The minimum atomic E-state index is -0.236. The maximum Gasteiger partial charge on any atom is 0.166 e. The monoisotopic (exact) mass is 377 g/mol. The van der Waals surface area contributed by atoms with Crippen LogP contribution in [0, 0.1) is 0 Å². The fourth-order valence-electron chi connectivity index (χ4n) is 4.25. The Balaban J connectivity index is 1.44. The predicted molar refractivity (Wildman–Crippen MR) is 105 cm³/mol. The van der Waals surface area contributed by atoms with E-state index in [1.165, 1.54) is 18.4 Å². The highest BCUT2D eigenvalue weighted by molar-refractivity contribution is 5.64. The number of hydrogen-bond donors (Lipinski definition) is 2. The lowest BCUT2D eigenvalue weighted by Crippen LogP contribution is -2.25. The van der Waals surface area contributed by atoms with Crippen LogP contribution in [0.3, 0.4) is 0 Å². The molecule has 5 rings (SSSR count). The number of ether oxygens (including phenoxy) is 1. The molecule has 0 aromatic carbocycles. The molecule has 8 nitrogen and oxygen atoms in total. The highest BCUT2D eigenvalue weighted by Gasteiger charge is 2.42. The lowest BCUT2D eigenvalue weighted by atomic mass is 9.82. The number of aryl methyl sites for hydroxylation is 1. The number of nitrogens with one attached hydrogen (secondary N) is 1. The Hall–Kier alpha value is -3.00. The maximum atomic E-state index is 6.06. The number of nitrogens with two attached hydrogens (primary N) is 1. The summed E-state index contributed by atoms with van der Waals surface area (Å²) in [5.74, 6) is 0.898. The zero-order valence-corrected chi connectivity index (χ0v) is 15.8. The molecule has 2 aliphatic rings. The molecule has 1 unspecified atom stereocenters. The van der Waals surface area contributed by atoms with Gasteiger partial charge in [-0.2, -0.15) is 5.10 Å². The minimum absolute atomic E-state index is 0.230. The van der Waals surface area contributed by atoms with Crippen LogP contribution in [0.25, 0.3) is 11.3 Å². The largest absolute Gasteiger partial charge is 0.482 e. The SMILES string of the molecule is CC(Oc1cc(-c2cc3n(n2)CC[C@]32CCNC2)cnc1N)c1cncnc1. The smallest absolute Gasteiger partial charge is 0.166 e. The third-order valence-electron chi connectivity index (χ3n) is 5.90. The van der Waals surface area contributed by atoms with Gasteiger partial charge in [0.2, 0.25) is 0 Å². The van der Waals surface area contributed by atoms with Gasteiger partial charge in [-0.05, 0) is 38.4 Å². The normalized spacial score (nSPS) is 21.8. The van der Waals surface area contributed by atoms with Crippen molar-refractivity contribution in [2.75, 3.05) is 18.8 Å². The van der Waals surface area contributed by atoms with Gasteiger partial charge in [0.15, 0.2) is 11.6 Å². The molecule has 1 saturated heterocycles. The zero-order chi connectivity index (χ0) is 19.1. The second-order valence-corrected chi connectivity index (χ2v) is 7.63. The first-order chi connectivity index (χ1) is 13.6. The molecule has 0 amide bonds. The molecular weight excluding hydrogens is 354 g/mol. The standard InChI is InChI=1S/C20H23N7O/c1-13(15-8-23-12-24-9-15)28-17-6-14(10-25-19(17)21)16-7-18-20(2-4-22-11-20)3-5-27(18)26-16/h6-10,12-13,22H,2-5,11H2,1H3,(H2,21,25)/t13?,20-/m0/s1. The van der Waals surface area contributed by atoms with E-state index in [1.54, 1.807) is 18.6 Å². The Morgan fingerprint density at radius 1 is 1.21 bits per heavy atom. The van der Waals surface area contributed by atoms with E-state index < -0.39 is 0 Å². The van der Waals surface area contributed by atoms with Crippen LogP contribution in [0.2, 0.25) is 0 Å². The Labute approximate surface area is 163 Å². The molecule has 0 saturated carbocycles. The molecule has 1 spiro atoms. The molecule has 5 heterocycles. The zero-order valence-electron chi connectivity index (χ0n) is 15.8. The molecule has 2 atom stereocenters. The van der Waals surface area contributed by atoms with Crippen LogP contribution in [-0.2, 0) is 12.0 Å². The third-order valence-corrected chi connectivity index (χ3v) is 5.90. The summed E-state index contributed by atoms with van der Waals surface area (Å²) in [4.78, 5) is 12.4. The highest BCUT2D eigenvalue weighted by atomic mass is 16.5. The van der Waals surface area contributed by atoms with E-state index in [4.69, 9.17) is 15.6 Å². The molecule has 8 heteroatoms. The molecular formula is C20H23N7O. The van der Waals surface area contributed by atoms with Gasteiger partial charge in [0, 0.05) is 53.9 Å². The molecule has 0 aliphatic carbocycles. The highest BCUT2D eigenvalue weighted by Crippen LogP contribution is 2.41. The van der Waals surface area contributed by atoms with E-state index in [0.29, 0.717) is 11.6 Å². The van der Waals surface area contributed by atoms with Crippen molar-refractivity contribution >= 4 is 5.82 Å². The lowest BCUT2D eigenvalue weighted by Gasteiger charge is -2.20. The van der Waals surface area contributed by atoms with Crippen molar-refractivity contribution in [3.8, 4) is 17.0 Å². The number of aromatic nitrogens is 5. The molecule has 1 fully saturated rings. The molecule has 3 aromatic heterocycles. The van der Waals surface area contributed by atoms with Gasteiger partial charge in [0.05, 0.1) is 5.69 Å². The van der Waals surface area contributed by atoms with Crippen molar-refractivity contribution in [1.82, 2.24) is 30.0 Å². The van der Waals surface area contributed by atoms with Crippen LogP contribution < -0.4 is 15.8 Å². The quantitative estimate of drug-likeness (QED) is 0.717. The van der Waals surface area contributed by atoms with Crippen molar-refractivity contribution in [2.45, 2.75) is 37.8 Å². The molecule has 144 valence electrons. The summed E-state index contributed by atoms with van der Waals surface area (Å²) in [5, 5.41) is 8.32. The Morgan fingerprint density at radius 3 is 2.86 bits per heavy atom. The van der Waals surface area contributed by atoms with Crippen molar-refractivity contribution in [1.29, 1.82) is 0 Å². The van der Waals surface area contributed by atoms with Crippen LogP contribution in [0.15, 0.2) is 37.1 Å². The maximum absolute atomic E-state index is 6.06. The summed E-state index contributed by atoms with van der Waals surface area (Å²) in [6.07, 6.45) is 8.82. The summed E-state index contributed by atoms with van der Waals surface area (Å²) in [5.41, 5.74) is 10.3. The molecule has 28 heavy (non-hydrogen) atoms. The van der Waals surface area contributed by atoms with Crippen molar-refractivity contribution < 1.29 is 4.74 Å². The van der Waals surface area contributed by atoms with Crippen LogP contribution in [0.4, 0.5) is 5.82 Å². The van der Waals surface area contributed by atoms with Gasteiger partial charge in [-0.25, -0.2) is 15.0 Å². The molecule has 3 aromatic rings. The van der Waals surface area contributed by atoms with Gasteiger partial charge < -0.3 is 15.8 Å². The summed E-state index contributed by atoms with van der Waals surface area (Å²) in [7, 11) is 0. The Kier molecular flexibility index (Phi) is 4.01. The topological polar surface area (TPSA) is 104 Å². The lowest BCUT2D eigenvalue weighted by molar-refractivity contribution is 0.227. The van der Waals surface area contributed by atoms with Crippen LogP contribution >= 0.6 is 0 Å². The van der Waals surface area contributed by atoms with E-state index in [2.05, 4.69) is 31.0 Å². The van der Waals surface area contributed by atoms with E-state index in [9.17, 15) is 0 Å². The molecule has 3 N–H and O–H groups in total. The fourth-order valence-corrected chi connectivity index (χ4v) is 4.25. The van der Waals surface area contributed by atoms with Crippen LogP contribution in [0.1, 0.15) is 37.1 Å². The predicted octanol–water partition coefficient (Wildman–Crippen LogP) is 2.09. The van der Waals surface area contributed by atoms with Gasteiger partial charge >= 0.3 is 0 Å². The summed E-state index contributed by atoms with van der Waals surface area (Å²) < 4.78 is 8.19. The number of anilines is 1. The first kappa shape index (κ1) is 17.1. The summed E-state index contributed by atoms with van der Waals surface area (Å²) in [6.45, 7) is 5.01. The Morgan fingerprint density at radius 2 is 2.07 bits per heavy atom. The minimum Gasteiger partial charge on any atom is -0.482 e. The average molecular weight is 377 g/mol. The number of rotatable bonds is 4. The number of pyridine rings is 1. The Bertz CT molecular complexity index is 995. The van der Waals surface area contributed by atoms with Crippen molar-refractivity contribution in [2.24, 2.45) is 0 Å². The van der Waals surface area contributed by atoms with E-state index in [0.717, 1.165) is 42.9 Å². The van der Waals surface area contributed by atoms with Crippen LogP contribution in [-0.4, -0.2) is 37.8 Å². The van der Waals surface area contributed by atoms with Gasteiger partial charge in [-0.3, -0.25) is 4.68 Å². The van der Waals surface area contributed by atoms with Gasteiger partial charge in [0.1, 0.15) is 12.4 Å². The fraction of sp³-hybridized carbons (Fsp3) is 0.400. The van der Waals surface area contributed by atoms with Gasteiger partial charge in [-0.15, -0.1) is 0 Å². The van der Waals surface area contributed by atoms with Gasteiger partial charge in [-0.1, -0.05) is 0 Å². The number of nitrogen functional groups attached to an aromatic ring is 1. The average Bonchev–Trinajstić information content (AvgIpc) is 3.43. The van der Waals surface area contributed by atoms with E-state index >= 15 is 0 Å². The van der Waals surface area contributed by atoms with Crippen molar-refractivity contribution in [3.63, 3.8) is 0 Å². The van der Waals surface area contributed by atoms with E-state index in [1.807, 2.05) is 13.0 Å². The van der Waals surface area contributed by atoms with Crippen molar-refractivity contribution in [3.05, 3.63) is 48.3 Å². The molecule has 2 aliphatic heterocycles.